The summed E-state index contributed by atoms with van der Waals surface area (Å²) in [5, 5.41) is 1.35. The molecule has 3 rings (SSSR count). The Morgan fingerprint density at radius 2 is 1.87 bits per heavy atom. The lowest BCUT2D eigenvalue weighted by atomic mass is 10.2. The number of nitrogens with zero attached hydrogens (tertiary/aromatic N) is 2. The number of rotatable bonds is 1. The van der Waals surface area contributed by atoms with Crippen LogP contribution >= 0.6 is 0 Å². The molecule has 0 aliphatic carbocycles. The van der Waals surface area contributed by atoms with E-state index >= 15 is 0 Å². The molecule has 2 aromatic heterocycles. The number of para-hydroxylation sites is 1. The average molecular weight is 198 g/mol. The summed E-state index contributed by atoms with van der Waals surface area (Å²) in [7, 11) is 2.13. The highest BCUT2D eigenvalue weighted by Gasteiger charge is 2.10. The van der Waals surface area contributed by atoms with Crippen LogP contribution in [0.25, 0.3) is 21.9 Å². The molecule has 0 spiro atoms. The lowest BCUT2D eigenvalue weighted by molar-refractivity contribution is 0.800. The Kier molecular flexibility index (Phi) is 1.66. The van der Waals surface area contributed by atoms with Crippen molar-refractivity contribution in [2.75, 3.05) is 0 Å². The second-order valence-corrected chi connectivity index (χ2v) is 3.91. The van der Waals surface area contributed by atoms with Crippen LogP contribution in [0.4, 0.5) is 0 Å². The summed E-state index contributed by atoms with van der Waals surface area (Å²) < 4.78 is 4.56. The minimum absolute atomic E-state index is 1.03. The molecule has 76 valence electrons. The summed E-state index contributed by atoms with van der Waals surface area (Å²) in [6, 6.07) is 10.8. The first kappa shape index (κ1) is 8.60. The predicted octanol–water partition coefficient (Wildman–Crippen LogP) is 3.15. The molecular formula is C13H14N2. The number of aromatic nitrogens is 2. The first-order chi connectivity index (χ1) is 7.33. The number of benzene rings is 1. The van der Waals surface area contributed by atoms with Crippen LogP contribution < -0.4 is 0 Å². The first-order valence-corrected chi connectivity index (χ1v) is 5.35. The standard InChI is InChI=1S/C13H14N2/c1-3-15-9-8-12-13(15)10-6-4-5-7-11(10)14(12)2/h4-9H,3H2,1-2H3. The van der Waals surface area contributed by atoms with Crippen molar-refractivity contribution >= 4 is 21.9 Å². The highest BCUT2D eigenvalue weighted by atomic mass is 15.0. The summed E-state index contributed by atoms with van der Waals surface area (Å²) >= 11 is 0. The fourth-order valence-electron chi connectivity index (χ4n) is 2.38. The Hall–Kier alpha value is -1.70. The van der Waals surface area contributed by atoms with Crippen LogP contribution in [0.15, 0.2) is 36.5 Å². The van der Waals surface area contributed by atoms with E-state index in [4.69, 9.17) is 0 Å². The van der Waals surface area contributed by atoms with Gasteiger partial charge in [-0.1, -0.05) is 18.2 Å². The second kappa shape index (κ2) is 2.89. The van der Waals surface area contributed by atoms with Crippen molar-refractivity contribution in [3.8, 4) is 0 Å². The Bertz CT molecular complexity index is 628. The molecule has 3 aromatic rings. The fourth-order valence-corrected chi connectivity index (χ4v) is 2.38. The molecule has 2 heteroatoms. The normalized spacial score (nSPS) is 11.6. The molecule has 15 heavy (non-hydrogen) atoms. The van der Waals surface area contributed by atoms with Crippen molar-refractivity contribution in [2.24, 2.45) is 7.05 Å². The highest BCUT2D eigenvalue weighted by Crippen LogP contribution is 2.28. The number of aryl methyl sites for hydroxylation is 2. The molecule has 0 saturated heterocycles. The van der Waals surface area contributed by atoms with E-state index in [1.54, 1.807) is 0 Å². The van der Waals surface area contributed by atoms with Gasteiger partial charge in [-0.05, 0) is 19.1 Å². The Morgan fingerprint density at radius 1 is 1.07 bits per heavy atom. The highest BCUT2D eigenvalue weighted by molar-refractivity contribution is 6.06. The van der Waals surface area contributed by atoms with Crippen LogP contribution in [0.2, 0.25) is 0 Å². The predicted molar refractivity (Wildman–Crippen MR) is 64.1 cm³/mol. The smallest absolute Gasteiger partial charge is 0.0742 e. The zero-order chi connectivity index (χ0) is 10.4. The van der Waals surface area contributed by atoms with Gasteiger partial charge in [0.1, 0.15) is 0 Å². The van der Waals surface area contributed by atoms with Crippen molar-refractivity contribution in [1.29, 1.82) is 0 Å². The lowest BCUT2D eigenvalue weighted by Crippen LogP contribution is -1.89. The van der Waals surface area contributed by atoms with Gasteiger partial charge in [0, 0.05) is 25.2 Å². The van der Waals surface area contributed by atoms with Gasteiger partial charge in [0.2, 0.25) is 0 Å². The molecule has 0 bridgehead atoms. The van der Waals surface area contributed by atoms with Gasteiger partial charge in [0.05, 0.1) is 16.6 Å². The molecule has 0 radical (unpaired) electrons. The van der Waals surface area contributed by atoms with Gasteiger partial charge in [-0.15, -0.1) is 0 Å². The van der Waals surface area contributed by atoms with Crippen molar-refractivity contribution in [3.05, 3.63) is 36.5 Å². The van der Waals surface area contributed by atoms with E-state index in [0.29, 0.717) is 0 Å². The molecule has 0 N–H and O–H groups in total. The summed E-state index contributed by atoms with van der Waals surface area (Å²) in [5.74, 6) is 0. The van der Waals surface area contributed by atoms with Gasteiger partial charge in [-0.25, -0.2) is 0 Å². The monoisotopic (exact) mass is 198 g/mol. The van der Waals surface area contributed by atoms with Crippen LogP contribution in [-0.2, 0) is 13.6 Å². The van der Waals surface area contributed by atoms with Gasteiger partial charge >= 0.3 is 0 Å². The van der Waals surface area contributed by atoms with E-state index in [1.807, 2.05) is 0 Å². The summed E-state index contributed by atoms with van der Waals surface area (Å²) in [5.41, 5.74) is 3.99. The summed E-state index contributed by atoms with van der Waals surface area (Å²) in [6.45, 7) is 3.21. The Morgan fingerprint density at radius 3 is 2.67 bits per heavy atom. The van der Waals surface area contributed by atoms with Crippen LogP contribution in [0, 0.1) is 0 Å². The van der Waals surface area contributed by atoms with Crippen molar-refractivity contribution in [1.82, 2.24) is 9.13 Å². The second-order valence-electron chi connectivity index (χ2n) is 3.91. The molecule has 2 nitrogen and oxygen atoms in total. The van der Waals surface area contributed by atoms with E-state index in [0.717, 1.165) is 6.54 Å². The maximum atomic E-state index is 2.30. The molecule has 0 amide bonds. The maximum Gasteiger partial charge on any atom is 0.0742 e. The molecule has 0 fully saturated rings. The zero-order valence-corrected chi connectivity index (χ0v) is 9.07. The van der Waals surface area contributed by atoms with Crippen LogP contribution in [0.3, 0.4) is 0 Å². The van der Waals surface area contributed by atoms with E-state index in [-0.39, 0.29) is 0 Å². The van der Waals surface area contributed by atoms with Crippen molar-refractivity contribution in [3.63, 3.8) is 0 Å². The average Bonchev–Trinajstić information content (AvgIpc) is 2.81. The van der Waals surface area contributed by atoms with Crippen LogP contribution in [-0.4, -0.2) is 9.13 Å². The maximum absolute atomic E-state index is 2.30. The summed E-state index contributed by atoms with van der Waals surface area (Å²) in [6.07, 6.45) is 2.16. The van der Waals surface area contributed by atoms with Gasteiger partial charge in [0.15, 0.2) is 0 Å². The molecule has 0 saturated carbocycles. The minimum atomic E-state index is 1.03. The number of hydrogen-bond donors (Lipinski definition) is 0. The van der Waals surface area contributed by atoms with Gasteiger partial charge in [-0.3, -0.25) is 0 Å². The molecule has 0 atom stereocenters. The molecule has 0 unspecified atom stereocenters. The van der Waals surface area contributed by atoms with Crippen LogP contribution in [0.1, 0.15) is 6.92 Å². The molecular weight excluding hydrogens is 184 g/mol. The van der Waals surface area contributed by atoms with E-state index in [1.165, 1.54) is 21.9 Å². The summed E-state index contributed by atoms with van der Waals surface area (Å²) in [4.78, 5) is 0. The number of fused-ring (bicyclic) bond motifs is 3. The first-order valence-electron chi connectivity index (χ1n) is 5.35. The van der Waals surface area contributed by atoms with Gasteiger partial charge in [0.25, 0.3) is 0 Å². The Labute approximate surface area is 88.7 Å². The van der Waals surface area contributed by atoms with Crippen molar-refractivity contribution < 1.29 is 0 Å². The van der Waals surface area contributed by atoms with Gasteiger partial charge < -0.3 is 9.13 Å². The van der Waals surface area contributed by atoms with Crippen molar-refractivity contribution in [2.45, 2.75) is 13.5 Å². The number of hydrogen-bond acceptors (Lipinski definition) is 0. The molecule has 1 aromatic carbocycles. The quantitative estimate of drug-likeness (QED) is 0.568. The fraction of sp³-hybridized carbons (Fsp3) is 0.231. The minimum Gasteiger partial charge on any atom is -0.346 e. The third-order valence-electron chi connectivity index (χ3n) is 3.16. The largest absolute Gasteiger partial charge is 0.346 e. The van der Waals surface area contributed by atoms with Crippen LogP contribution in [0.5, 0.6) is 0 Å². The van der Waals surface area contributed by atoms with E-state index < -0.39 is 0 Å². The Balaban J connectivity index is 2.60. The lowest BCUT2D eigenvalue weighted by Gasteiger charge is -1.98. The van der Waals surface area contributed by atoms with Gasteiger partial charge in [-0.2, -0.15) is 0 Å². The third-order valence-corrected chi connectivity index (χ3v) is 3.16. The van der Waals surface area contributed by atoms with E-state index in [9.17, 15) is 0 Å². The SMILES string of the molecule is CCn1ccc2c1c1ccccc1n2C. The molecule has 0 aliphatic heterocycles. The third kappa shape index (κ3) is 0.990. The molecule has 2 heterocycles. The topological polar surface area (TPSA) is 9.86 Å². The molecule has 0 aliphatic rings. The zero-order valence-electron chi connectivity index (χ0n) is 9.07. The van der Waals surface area contributed by atoms with E-state index in [2.05, 4.69) is 59.6 Å².